The van der Waals surface area contributed by atoms with Crippen molar-refractivity contribution in [1.29, 1.82) is 0 Å². The van der Waals surface area contributed by atoms with E-state index in [1.807, 2.05) is 13.0 Å². The summed E-state index contributed by atoms with van der Waals surface area (Å²) in [5.74, 6) is -1.25. The maximum absolute atomic E-state index is 12.6. The molecule has 2 aromatic heterocycles. The number of aromatic carboxylic acids is 1. The Morgan fingerprint density at radius 2 is 1.58 bits per heavy atom. The van der Waals surface area contributed by atoms with Crippen molar-refractivity contribution in [2.75, 3.05) is 0 Å². The van der Waals surface area contributed by atoms with E-state index in [1.165, 1.54) is 13.7 Å². The van der Waals surface area contributed by atoms with Crippen molar-refractivity contribution in [1.82, 2.24) is 13.7 Å². The minimum atomic E-state index is -1.25. The lowest BCUT2D eigenvalue weighted by Crippen LogP contribution is -2.26. The molecule has 0 amide bonds. The fourth-order valence-electron chi connectivity index (χ4n) is 2.97. The Bertz CT molecular complexity index is 1120. The number of benzene rings is 1. The summed E-state index contributed by atoms with van der Waals surface area (Å²) in [4.78, 5) is 36.0. The van der Waals surface area contributed by atoms with Crippen LogP contribution in [0.2, 0.25) is 0 Å². The van der Waals surface area contributed by atoms with Gasteiger partial charge in [-0.25, -0.2) is 9.59 Å². The number of pyridine rings is 1. The van der Waals surface area contributed by atoms with Crippen LogP contribution in [0.25, 0.3) is 16.7 Å². The van der Waals surface area contributed by atoms with Crippen LogP contribution in [0.3, 0.4) is 0 Å². The smallest absolute Gasteiger partial charge is 0.341 e. The molecule has 0 radical (unpaired) electrons. The van der Waals surface area contributed by atoms with Crippen LogP contribution in [0.15, 0.2) is 34.0 Å². The topological polar surface area (TPSA) is 86.2 Å². The Morgan fingerprint density at radius 3 is 2.17 bits per heavy atom. The Labute approximate surface area is 137 Å². The van der Waals surface area contributed by atoms with Gasteiger partial charge in [0.15, 0.2) is 0 Å². The summed E-state index contributed by atoms with van der Waals surface area (Å²) in [5.41, 5.74) is 2.15. The summed E-state index contributed by atoms with van der Waals surface area (Å²) < 4.78 is 4.34. The monoisotopic (exact) mass is 327 g/mol. The number of imidazole rings is 1. The highest BCUT2D eigenvalue weighted by molar-refractivity contribution is 5.89. The second-order valence-electron chi connectivity index (χ2n) is 5.88. The van der Waals surface area contributed by atoms with Gasteiger partial charge >= 0.3 is 11.7 Å². The van der Waals surface area contributed by atoms with E-state index in [0.717, 1.165) is 11.1 Å². The Morgan fingerprint density at radius 1 is 1.00 bits per heavy atom. The van der Waals surface area contributed by atoms with Gasteiger partial charge in [-0.15, -0.1) is 0 Å². The molecule has 2 heterocycles. The van der Waals surface area contributed by atoms with E-state index in [2.05, 4.69) is 0 Å². The Balaban J connectivity index is 2.40. The molecule has 0 saturated heterocycles. The summed E-state index contributed by atoms with van der Waals surface area (Å²) in [7, 11) is 3.34. The largest absolute Gasteiger partial charge is 0.477 e. The summed E-state index contributed by atoms with van der Waals surface area (Å²) in [6.45, 7) is 3.41. The molecule has 0 unspecified atom stereocenters. The van der Waals surface area contributed by atoms with Crippen LogP contribution in [-0.4, -0.2) is 24.8 Å². The third-order valence-corrected chi connectivity index (χ3v) is 4.36. The molecule has 0 atom stereocenters. The molecule has 3 rings (SSSR count). The molecular formula is C17H17N3O4. The Kier molecular flexibility index (Phi) is 3.44. The summed E-state index contributed by atoms with van der Waals surface area (Å²) in [6.07, 6.45) is 1.55. The van der Waals surface area contributed by atoms with Crippen molar-refractivity contribution in [2.45, 2.75) is 13.8 Å². The first-order chi connectivity index (χ1) is 11.2. The highest BCUT2D eigenvalue weighted by atomic mass is 16.4. The van der Waals surface area contributed by atoms with Gasteiger partial charge in [0.1, 0.15) is 5.56 Å². The second kappa shape index (κ2) is 5.23. The molecule has 3 aromatic rings. The first kappa shape index (κ1) is 15.8. The minimum absolute atomic E-state index is 0.163. The van der Waals surface area contributed by atoms with Crippen molar-refractivity contribution in [3.8, 4) is 5.69 Å². The molecule has 24 heavy (non-hydrogen) atoms. The lowest BCUT2D eigenvalue weighted by molar-refractivity contribution is 0.0693. The Hall–Kier alpha value is -3.09. The zero-order valence-electron chi connectivity index (χ0n) is 13.8. The molecule has 1 N–H and O–H groups in total. The van der Waals surface area contributed by atoms with Gasteiger partial charge in [-0.1, -0.05) is 0 Å². The van der Waals surface area contributed by atoms with Crippen molar-refractivity contribution in [3.63, 3.8) is 0 Å². The summed E-state index contributed by atoms with van der Waals surface area (Å²) in [5, 5.41) is 9.28. The average molecular weight is 327 g/mol. The third-order valence-electron chi connectivity index (χ3n) is 4.36. The van der Waals surface area contributed by atoms with Crippen LogP contribution in [-0.2, 0) is 14.1 Å². The van der Waals surface area contributed by atoms with Gasteiger partial charge in [-0.05, 0) is 43.2 Å². The van der Waals surface area contributed by atoms with E-state index in [0.29, 0.717) is 16.8 Å². The number of fused-ring (bicyclic) bond motifs is 1. The SMILES string of the molecule is Cc1cc2c(cc1-n1ccc(C)c(C(=O)O)c1=O)n(C)c(=O)n2C. The fourth-order valence-corrected chi connectivity index (χ4v) is 2.97. The molecule has 0 spiro atoms. The molecule has 0 fully saturated rings. The molecule has 0 aliphatic rings. The maximum atomic E-state index is 12.6. The summed E-state index contributed by atoms with van der Waals surface area (Å²) >= 11 is 0. The zero-order chi connectivity index (χ0) is 17.8. The number of carboxylic acids is 1. The molecule has 7 heteroatoms. The molecule has 124 valence electrons. The van der Waals surface area contributed by atoms with Gasteiger partial charge in [0.25, 0.3) is 5.56 Å². The standard InChI is InChI=1S/C17H17N3O4/c1-9-5-6-20(15(21)14(9)16(22)23)11-8-13-12(7-10(11)2)18(3)17(24)19(13)4/h5-8H,1-4H3,(H,22,23). The highest BCUT2D eigenvalue weighted by Gasteiger charge is 2.17. The third kappa shape index (κ3) is 2.09. The highest BCUT2D eigenvalue weighted by Crippen LogP contribution is 2.21. The van der Waals surface area contributed by atoms with E-state index in [1.54, 1.807) is 39.3 Å². The zero-order valence-corrected chi connectivity index (χ0v) is 13.8. The van der Waals surface area contributed by atoms with Gasteiger partial charge in [0.2, 0.25) is 0 Å². The molecule has 0 saturated carbocycles. The van der Waals surface area contributed by atoms with Crippen molar-refractivity contribution >= 4 is 17.0 Å². The molecule has 0 aliphatic carbocycles. The summed E-state index contributed by atoms with van der Waals surface area (Å²) in [6, 6.07) is 5.14. The van der Waals surface area contributed by atoms with E-state index < -0.39 is 11.5 Å². The normalized spacial score (nSPS) is 11.2. The number of aromatic nitrogens is 3. The van der Waals surface area contributed by atoms with Crippen LogP contribution in [0.1, 0.15) is 21.5 Å². The molecule has 0 aliphatic heterocycles. The van der Waals surface area contributed by atoms with Crippen molar-refractivity contribution in [2.24, 2.45) is 14.1 Å². The number of aryl methyl sites for hydroxylation is 4. The predicted octanol–water partition coefficient (Wildman–Crippen LogP) is 1.34. The number of carbonyl (C=O) groups is 1. The van der Waals surface area contributed by atoms with Crippen molar-refractivity contribution < 1.29 is 9.90 Å². The molecule has 0 bridgehead atoms. The lowest BCUT2D eigenvalue weighted by atomic mass is 10.1. The van der Waals surface area contributed by atoms with Crippen LogP contribution < -0.4 is 11.2 Å². The van der Waals surface area contributed by atoms with E-state index >= 15 is 0 Å². The van der Waals surface area contributed by atoms with E-state index in [4.69, 9.17) is 0 Å². The number of carboxylic acid groups (broad SMARTS) is 1. The van der Waals surface area contributed by atoms with Gasteiger partial charge in [0, 0.05) is 20.3 Å². The van der Waals surface area contributed by atoms with Crippen LogP contribution >= 0.6 is 0 Å². The van der Waals surface area contributed by atoms with Gasteiger partial charge in [-0.3, -0.25) is 18.5 Å². The quantitative estimate of drug-likeness (QED) is 0.769. The van der Waals surface area contributed by atoms with Crippen LogP contribution in [0.4, 0.5) is 0 Å². The fraction of sp³-hybridized carbons (Fsp3) is 0.235. The first-order valence-corrected chi connectivity index (χ1v) is 7.36. The van der Waals surface area contributed by atoms with Crippen LogP contribution in [0, 0.1) is 13.8 Å². The number of hydrogen-bond acceptors (Lipinski definition) is 3. The van der Waals surface area contributed by atoms with Gasteiger partial charge in [-0.2, -0.15) is 0 Å². The van der Waals surface area contributed by atoms with Crippen LogP contribution in [0.5, 0.6) is 0 Å². The predicted molar refractivity (Wildman–Crippen MR) is 90.2 cm³/mol. The van der Waals surface area contributed by atoms with E-state index in [-0.39, 0.29) is 11.3 Å². The van der Waals surface area contributed by atoms with E-state index in [9.17, 15) is 19.5 Å². The first-order valence-electron chi connectivity index (χ1n) is 7.36. The number of rotatable bonds is 2. The molecule has 1 aromatic carbocycles. The minimum Gasteiger partial charge on any atom is -0.477 e. The molecular weight excluding hydrogens is 310 g/mol. The molecule has 7 nitrogen and oxygen atoms in total. The van der Waals surface area contributed by atoms with Gasteiger partial charge in [0.05, 0.1) is 16.7 Å². The number of hydrogen-bond donors (Lipinski definition) is 1. The van der Waals surface area contributed by atoms with Crippen molar-refractivity contribution in [3.05, 3.63) is 61.9 Å². The maximum Gasteiger partial charge on any atom is 0.341 e. The number of nitrogens with zero attached hydrogens (tertiary/aromatic N) is 3. The van der Waals surface area contributed by atoms with Gasteiger partial charge < -0.3 is 5.11 Å². The second-order valence-corrected chi connectivity index (χ2v) is 5.88. The average Bonchev–Trinajstić information content (AvgIpc) is 2.71. The lowest BCUT2D eigenvalue weighted by Gasteiger charge is -2.12.